The van der Waals surface area contributed by atoms with Gasteiger partial charge < -0.3 is 0 Å². The lowest BCUT2D eigenvalue weighted by molar-refractivity contribution is -0.153. The number of hydrogen-bond acceptors (Lipinski definition) is 4. The maximum atomic E-state index is 12.3. The van der Waals surface area contributed by atoms with Gasteiger partial charge in [-0.15, -0.1) is 0 Å². The topological polar surface area (TPSA) is 47.1 Å². The van der Waals surface area contributed by atoms with Crippen LogP contribution in [0.2, 0.25) is 0 Å². The van der Waals surface area contributed by atoms with Crippen molar-refractivity contribution in [2.75, 3.05) is 13.1 Å². The summed E-state index contributed by atoms with van der Waals surface area (Å²) in [5, 5.41) is 8.63. The van der Waals surface area contributed by atoms with E-state index in [0.717, 1.165) is 25.9 Å². The van der Waals surface area contributed by atoms with Crippen LogP contribution in [0.4, 0.5) is 0 Å². The molecule has 2 saturated heterocycles. The van der Waals surface area contributed by atoms with E-state index in [1.165, 1.54) is 0 Å². The fraction of sp³-hybridized carbons (Fsp3) is 0.625. The Morgan fingerprint density at radius 2 is 1.18 bits per heavy atom. The number of amides is 2. The van der Waals surface area contributed by atoms with Crippen LogP contribution in [-0.4, -0.2) is 69.1 Å². The number of fused-ring (bicyclic) bond motifs is 6. The number of carbonyl (C=O) groups excluding carboxylic acids is 2. The SMILES string of the molecule is O=C1C=CCN2[C@H]3C[C@@H]4[C@@H]5[C@H]3[C@@H](C[C@@H]5N3CC=CC(=O)N43)N12. The van der Waals surface area contributed by atoms with Crippen molar-refractivity contribution < 1.29 is 9.59 Å². The smallest absolute Gasteiger partial charge is 0.260 e. The summed E-state index contributed by atoms with van der Waals surface area (Å²) in [6, 6.07) is 1.54. The predicted molar refractivity (Wildman–Crippen MR) is 76.8 cm³/mol. The predicted octanol–water partition coefficient (Wildman–Crippen LogP) is -0.241. The lowest BCUT2D eigenvalue weighted by Crippen LogP contribution is -2.54. The summed E-state index contributed by atoms with van der Waals surface area (Å²) in [7, 11) is 0. The molecule has 0 aromatic heterocycles. The first-order valence-electron chi connectivity index (χ1n) is 8.28. The Morgan fingerprint density at radius 1 is 0.727 bits per heavy atom. The van der Waals surface area contributed by atoms with Gasteiger partial charge in [0, 0.05) is 49.2 Å². The van der Waals surface area contributed by atoms with Gasteiger partial charge in [-0.1, -0.05) is 12.2 Å². The molecule has 6 rings (SSSR count). The van der Waals surface area contributed by atoms with E-state index in [-0.39, 0.29) is 11.8 Å². The summed E-state index contributed by atoms with van der Waals surface area (Å²) < 4.78 is 0. The Morgan fingerprint density at radius 3 is 1.64 bits per heavy atom. The van der Waals surface area contributed by atoms with Crippen molar-refractivity contribution in [1.82, 2.24) is 20.0 Å². The lowest BCUT2D eigenvalue weighted by Gasteiger charge is -2.40. The lowest BCUT2D eigenvalue weighted by atomic mass is 9.93. The Balaban J connectivity index is 1.45. The van der Waals surface area contributed by atoms with Gasteiger partial charge in [-0.05, 0) is 12.8 Å². The Bertz CT molecular complexity index is 603. The molecule has 114 valence electrons. The summed E-state index contributed by atoms with van der Waals surface area (Å²) in [6.45, 7) is 1.68. The average Bonchev–Trinajstić information content (AvgIpc) is 3.19. The molecule has 2 aliphatic carbocycles. The number of rotatable bonds is 0. The van der Waals surface area contributed by atoms with Gasteiger partial charge in [0.05, 0.1) is 12.1 Å². The van der Waals surface area contributed by atoms with Gasteiger partial charge in [0.1, 0.15) is 0 Å². The fourth-order valence-corrected chi connectivity index (χ4v) is 6.23. The third kappa shape index (κ3) is 1.11. The van der Waals surface area contributed by atoms with Crippen molar-refractivity contribution in [3.63, 3.8) is 0 Å². The summed E-state index contributed by atoms with van der Waals surface area (Å²) in [5.41, 5.74) is 0. The number of carbonyl (C=O) groups is 2. The molecule has 6 aliphatic rings. The van der Waals surface area contributed by atoms with Crippen LogP contribution < -0.4 is 0 Å². The van der Waals surface area contributed by atoms with Gasteiger partial charge in [0.15, 0.2) is 0 Å². The van der Waals surface area contributed by atoms with E-state index < -0.39 is 0 Å². The minimum absolute atomic E-state index is 0.147. The van der Waals surface area contributed by atoms with Crippen LogP contribution in [0.3, 0.4) is 0 Å². The molecule has 0 unspecified atom stereocenters. The van der Waals surface area contributed by atoms with Crippen molar-refractivity contribution >= 4 is 11.8 Å². The molecule has 0 N–H and O–H groups in total. The van der Waals surface area contributed by atoms with Crippen LogP contribution in [0, 0.1) is 11.8 Å². The normalized spacial score (nSPS) is 48.4. The second-order valence-corrected chi connectivity index (χ2v) is 7.31. The molecule has 0 spiro atoms. The van der Waals surface area contributed by atoms with E-state index in [4.69, 9.17) is 0 Å². The number of hydrogen-bond donors (Lipinski definition) is 0. The minimum Gasteiger partial charge on any atom is -0.268 e. The van der Waals surface area contributed by atoms with Crippen molar-refractivity contribution in [3.8, 4) is 0 Å². The Labute approximate surface area is 128 Å². The highest BCUT2D eigenvalue weighted by Gasteiger charge is 2.70. The minimum atomic E-state index is 0.147. The fourth-order valence-electron chi connectivity index (χ4n) is 6.23. The van der Waals surface area contributed by atoms with Crippen molar-refractivity contribution in [1.29, 1.82) is 0 Å². The van der Waals surface area contributed by atoms with Crippen LogP contribution in [0.1, 0.15) is 12.8 Å². The molecule has 6 nitrogen and oxygen atoms in total. The van der Waals surface area contributed by atoms with Gasteiger partial charge in [-0.25, -0.2) is 10.0 Å². The largest absolute Gasteiger partial charge is 0.268 e. The Kier molecular flexibility index (Phi) is 1.95. The maximum Gasteiger partial charge on any atom is 0.260 e. The summed E-state index contributed by atoms with van der Waals surface area (Å²) in [5.74, 6) is 1.37. The second-order valence-electron chi connectivity index (χ2n) is 7.31. The molecule has 4 heterocycles. The third-order valence-electron chi connectivity index (χ3n) is 6.69. The monoisotopic (exact) mass is 298 g/mol. The molecule has 4 fully saturated rings. The molecule has 2 saturated carbocycles. The van der Waals surface area contributed by atoms with E-state index in [9.17, 15) is 9.59 Å². The molecular formula is C16H18N4O2. The molecule has 0 aromatic carbocycles. The van der Waals surface area contributed by atoms with Crippen LogP contribution in [0.25, 0.3) is 0 Å². The molecule has 0 aromatic rings. The summed E-state index contributed by atoms with van der Waals surface area (Å²) in [4.78, 5) is 24.7. The van der Waals surface area contributed by atoms with E-state index in [1.807, 2.05) is 22.2 Å². The highest BCUT2D eigenvalue weighted by Crippen LogP contribution is 2.59. The molecular weight excluding hydrogens is 280 g/mol. The highest BCUT2D eigenvalue weighted by atomic mass is 16.2. The molecule has 0 bridgehead atoms. The highest BCUT2D eigenvalue weighted by molar-refractivity contribution is 5.89. The zero-order valence-corrected chi connectivity index (χ0v) is 12.2. The Hall–Kier alpha value is -1.66. The van der Waals surface area contributed by atoms with Crippen LogP contribution >= 0.6 is 0 Å². The zero-order chi connectivity index (χ0) is 14.6. The quantitative estimate of drug-likeness (QED) is 0.619. The van der Waals surface area contributed by atoms with E-state index in [0.29, 0.717) is 36.0 Å². The average molecular weight is 298 g/mol. The number of nitrogens with zero attached hydrogens (tertiary/aromatic N) is 4. The maximum absolute atomic E-state index is 12.3. The van der Waals surface area contributed by atoms with E-state index in [2.05, 4.69) is 10.0 Å². The molecule has 6 atom stereocenters. The van der Waals surface area contributed by atoms with Crippen LogP contribution in [-0.2, 0) is 9.59 Å². The standard InChI is InChI=1S/C16H18N4O2/c21-13-3-1-5-17-9-7-12-16-10(8-11(15(9)16)19(13)17)18-6-2-4-14(22)20(12)18/h1-4,9-12,15-16H,5-8H2/t9-,10-,11+,12+,15+,16+/m0/s1. The first-order valence-corrected chi connectivity index (χ1v) is 8.28. The first-order chi connectivity index (χ1) is 10.8. The van der Waals surface area contributed by atoms with Crippen molar-refractivity contribution in [2.45, 2.75) is 37.0 Å². The third-order valence-corrected chi connectivity index (χ3v) is 6.69. The van der Waals surface area contributed by atoms with E-state index in [1.54, 1.807) is 12.2 Å². The van der Waals surface area contributed by atoms with Crippen molar-refractivity contribution in [3.05, 3.63) is 24.3 Å². The van der Waals surface area contributed by atoms with Gasteiger partial charge >= 0.3 is 0 Å². The van der Waals surface area contributed by atoms with Gasteiger partial charge in [-0.2, -0.15) is 0 Å². The van der Waals surface area contributed by atoms with Crippen LogP contribution in [0.5, 0.6) is 0 Å². The van der Waals surface area contributed by atoms with Gasteiger partial charge in [-0.3, -0.25) is 19.6 Å². The first kappa shape index (κ1) is 11.8. The molecule has 4 aliphatic heterocycles. The van der Waals surface area contributed by atoms with Crippen LogP contribution in [0.15, 0.2) is 24.3 Å². The molecule has 22 heavy (non-hydrogen) atoms. The van der Waals surface area contributed by atoms with Gasteiger partial charge in [0.25, 0.3) is 11.8 Å². The van der Waals surface area contributed by atoms with E-state index >= 15 is 0 Å². The zero-order valence-electron chi connectivity index (χ0n) is 12.2. The molecule has 6 heteroatoms. The molecule has 0 radical (unpaired) electrons. The van der Waals surface area contributed by atoms with Crippen molar-refractivity contribution in [2.24, 2.45) is 11.8 Å². The molecule has 2 amide bonds. The van der Waals surface area contributed by atoms with Gasteiger partial charge in [0.2, 0.25) is 0 Å². The second kappa shape index (κ2) is 3.63. The summed E-state index contributed by atoms with van der Waals surface area (Å²) in [6.07, 6.45) is 9.43. The summed E-state index contributed by atoms with van der Waals surface area (Å²) >= 11 is 0. The number of hydrazine groups is 2.